The van der Waals surface area contributed by atoms with Gasteiger partial charge in [-0.3, -0.25) is 19.5 Å². The number of carbonyl (C=O) groups is 2. The number of aromatic nitrogens is 1. The first-order chi connectivity index (χ1) is 11.7. The highest BCUT2D eigenvalue weighted by Crippen LogP contribution is 2.39. The zero-order chi connectivity index (χ0) is 16.7. The standard InChI is InChI=1S/C18H18N4O2/c1-21-16-14(15(20-21)13-8-5-9-19-10-13)17(23)22(18(16)24)11-12-6-3-2-4-7-12/h2-10,14-16,20H,11H2,1H3/t14-,15+,16+/m0/s1. The van der Waals surface area contributed by atoms with Gasteiger partial charge in [0.25, 0.3) is 0 Å². The highest BCUT2D eigenvalue weighted by Gasteiger charge is 2.57. The third kappa shape index (κ3) is 2.31. The van der Waals surface area contributed by atoms with Crippen molar-refractivity contribution in [3.63, 3.8) is 0 Å². The average Bonchev–Trinajstić information content (AvgIpc) is 3.08. The van der Waals surface area contributed by atoms with E-state index in [0.29, 0.717) is 6.54 Å². The topological polar surface area (TPSA) is 65.5 Å². The van der Waals surface area contributed by atoms with Crippen molar-refractivity contribution in [2.45, 2.75) is 18.6 Å². The van der Waals surface area contributed by atoms with Crippen LogP contribution in [-0.4, -0.2) is 39.8 Å². The minimum absolute atomic E-state index is 0.125. The number of likely N-dealkylation sites (tertiary alicyclic amines) is 1. The van der Waals surface area contributed by atoms with Gasteiger partial charge in [-0.05, 0) is 17.2 Å². The van der Waals surface area contributed by atoms with E-state index in [2.05, 4.69) is 10.4 Å². The van der Waals surface area contributed by atoms with Crippen LogP contribution < -0.4 is 5.43 Å². The van der Waals surface area contributed by atoms with E-state index in [1.54, 1.807) is 17.4 Å². The summed E-state index contributed by atoms with van der Waals surface area (Å²) in [5.74, 6) is -0.690. The third-order valence-electron chi connectivity index (χ3n) is 4.76. The largest absolute Gasteiger partial charge is 0.276 e. The van der Waals surface area contributed by atoms with Gasteiger partial charge < -0.3 is 0 Å². The van der Waals surface area contributed by atoms with Crippen LogP contribution in [0, 0.1) is 5.92 Å². The Morgan fingerprint density at radius 3 is 2.58 bits per heavy atom. The molecule has 122 valence electrons. The van der Waals surface area contributed by atoms with E-state index < -0.39 is 12.0 Å². The van der Waals surface area contributed by atoms with Crippen LogP contribution in [0.1, 0.15) is 17.2 Å². The van der Waals surface area contributed by atoms with Gasteiger partial charge in [-0.1, -0.05) is 36.4 Å². The molecule has 2 aliphatic heterocycles. The minimum atomic E-state index is -0.466. The highest BCUT2D eigenvalue weighted by molar-refractivity contribution is 6.07. The Balaban J connectivity index is 1.64. The number of benzene rings is 1. The van der Waals surface area contributed by atoms with Crippen LogP contribution in [0.4, 0.5) is 0 Å². The van der Waals surface area contributed by atoms with Crippen molar-refractivity contribution < 1.29 is 9.59 Å². The van der Waals surface area contributed by atoms with E-state index in [9.17, 15) is 9.59 Å². The molecule has 0 aliphatic carbocycles. The highest BCUT2D eigenvalue weighted by atomic mass is 16.2. The number of nitrogens with zero attached hydrogens (tertiary/aromatic N) is 3. The van der Waals surface area contributed by atoms with E-state index in [1.165, 1.54) is 4.90 Å². The first kappa shape index (κ1) is 15.0. The number of rotatable bonds is 3. The number of imide groups is 1. The summed E-state index contributed by atoms with van der Waals surface area (Å²) in [4.78, 5) is 31.3. The van der Waals surface area contributed by atoms with Crippen LogP contribution in [-0.2, 0) is 16.1 Å². The Bertz CT molecular complexity index is 765. The van der Waals surface area contributed by atoms with Crippen LogP contribution in [0.5, 0.6) is 0 Å². The van der Waals surface area contributed by atoms with Crippen molar-refractivity contribution in [2.75, 3.05) is 7.05 Å². The van der Waals surface area contributed by atoms with Crippen LogP contribution in [0.15, 0.2) is 54.9 Å². The molecule has 2 aromatic rings. The summed E-state index contributed by atoms with van der Waals surface area (Å²) >= 11 is 0. The van der Waals surface area contributed by atoms with E-state index in [-0.39, 0.29) is 17.9 Å². The molecule has 3 atom stereocenters. The molecule has 0 spiro atoms. The van der Waals surface area contributed by atoms with Gasteiger partial charge in [-0.25, -0.2) is 10.4 Å². The SMILES string of the molecule is CN1N[C@H](c2cccnc2)[C@@H]2C(=O)N(Cc3ccccc3)C(=O)[C@@H]21. The molecule has 0 saturated carbocycles. The van der Waals surface area contributed by atoms with Gasteiger partial charge in [0.1, 0.15) is 6.04 Å². The second-order valence-corrected chi connectivity index (χ2v) is 6.22. The second kappa shape index (κ2) is 5.81. The summed E-state index contributed by atoms with van der Waals surface area (Å²) in [6, 6.07) is 12.7. The molecule has 2 saturated heterocycles. The Labute approximate surface area is 140 Å². The molecule has 1 aromatic carbocycles. The molecule has 6 nitrogen and oxygen atoms in total. The van der Waals surface area contributed by atoms with Crippen LogP contribution in [0.3, 0.4) is 0 Å². The first-order valence-electron chi connectivity index (χ1n) is 7.95. The predicted molar refractivity (Wildman–Crippen MR) is 87.2 cm³/mol. The normalized spacial score (nSPS) is 26.9. The maximum absolute atomic E-state index is 12.9. The molecule has 2 fully saturated rings. The number of hydrogen-bond donors (Lipinski definition) is 1. The summed E-state index contributed by atoms with van der Waals surface area (Å²) in [6.07, 6.45) is 3.44. The van der Waals surface area contributed by atoms with Gasteiger partial charge in [-0.2, -0.15) is 0 Å². The molecule has 1 aromatic heterocycles. The van der Waals surface area contributed by atoms with Crippen molar-refractivity contribution in [1.29, 1.82) is 0 Å². The fourth-order valence-electron chi connectivity index (χ4n) is 3.61. The van der Waals surface area contributed by atoms with Crippen molar-refractivity contribution in [3.05, 3.63) is 66.0 Å². The van der Waals surface area contributed by atoms with Crippen molar-refractivity contribution in [2.24, 2.45) is 5.92 Å². The number of pyridine rings is 1. The average molecular weight is 322 g/mol. The number of amides is 2. The molecule has 24 heavy (non-hydrogen) atoms. The van der Waals surface area contributed by atoms with Crippen molar-refractivity contribution >= 4 is 11.8 Å². The fourth-order valence-corrected chi connectivity index (χ4v) is 3.61. The summed E-state index contributed by atoms with van der Waals surface area (Å²) in [5, 5.41) is 1.76. The molecule has 2 aliphatic rings. The van der Waals surface area contributed by atoms with Crippen LogP contribution in [0.25, 0.3) is 0 Å². The Morgan fingerprint density at radius 1 is 1.08 bits per heavy atom. The second-order valence-electron chi connectivity index (χ2n) is 6.22. The number of fused-ring (bicyclic) bond motifs is 1. The lowest BCUT2D eigenvalue weighted by Gasteiger charge is -2.22. The molecule has 4 rings (SSSR count). The quantitative estimate of drug-likeness (QED) is 0.858. The molecular formula is C18H18N4O2. The van der Waals surface area contributed by atoms with Crippen molar-refractivity contribution in [3.8, 4) is 0 Å². The molecule has 1 N–H and O–H groups in total. The fraction of sp³-hybridized carbons (Fsp3) is 0.278. The number of hydrogen-bond acceptors (Lipinski definition) is 5. The summed E-state index contributed by atoms with van der Waals surface area (Å²) in [5.41, 5.74) is 5.11. The number of carbonyl (C=O) groups excluding carboxylic acids is 2. The first-order valence-corrected chi connectivity index (χ1v) is 7.95. The van der Waals surface area contributed by atoms with Crippen LogP contribution >= 0.6 is 0 Å². The van der Waals surface area contributed by atoms with E-state index in [0.717, 1.165) is 11.1 Å². The maximum atomic E-state index is 12.9. The number of nitrogens with one attached hydrogen (secondary N) is 1. The predicted octanol–water partition coefficient (Wildman–Crippen LogP) is 1.13. The van der Waals surface area contributed by atoms with Gasteiger partial charge in [-0.15, -0.1) is 0 Å². The van der Waals surface area contributed by atoms with Gasteiger partial charge >= 0.3 is 0 Å². The molecule has 0 bridgehead atoms. The summed E-state index contributed by atoms with van der Waals surface area (Å²) in [6.45, 7) is 0.319. The zero-order valence-electron chi connectivity index (χ0n) is 13.3. The smallest absolute Gasteiger partial charge is 0.249 e. The molecular weight excluding hydrogens is 304 g/mol. The maximum Gasteiger partial charge on any atom is 0.249 e. The van der Waals surface area contributed by atoms with Crippen LogP contribution in [0.2, 0.25) is 0 Å². The van der Waals surface area contributed by atoms with E-state index >= 15 is 0 Å². The van der Waals surface area contributed by atoms with Gasteiger partial charge in [0.15, 0.2) is 0 Å². The third-order valence-corrected chi connectivity index (χ3v) is 4.76. The zero-order valence-corrected chi connectivity index (χ0v) is 13.3. The Kier molecular flexibility index (Phi) is 3.63. The Morgan fingerprint density at radius 2 is 1.88 bits per heavy atom. The van der Waals surface area contributed by atoms with E-state index in [1.807, 2.05) is 49.5 Å². The number of hydrazine groups is 1. The molecule has 6 heteroatoms. The van der Waals surface area contributed by atoms with E-state index in [4.69, 9.17) is 0 Å². The molecule has 0 radical (unpaired) electrons. The molecule has 0 unspecified atom stereocenters. The molecule has 3 heterocycles. The lowest BCUT2D eigenvalue weighted by atomic mass is 9.92. The Hall–Kier alpha value is -2.57. The minimum Gasteiger partial charge on any atom is -0.276 e. The summed E-state index contributed by atoms with van der Waals surface area (Å²) in [7, 11) is 1.81. The lowest BCUT2D eigenvalue weighted by molar-refractivity contribution is -0.142. The molecule has 2 amide bonds. The monoisotopic (exact) mass is 322 g/mol. The number of likely N-dealkylation sites (N-methyl/N-ethyl adjacent to an activating group) is 1. The van der Waals surface area contributed by atoms with Gasteiger partial charge in [0.2, 0.25) is 11.8 Å². The van der Waals surface area contributed by atoms with Crippen molar-refractivity contribution in [1.82, 2.24) is 20.3 Å². The van der Waals surface area contributed by atoms with Gasteiger partial charge in [0.05, 0.1) is 18.5 Å². The summed E-state index contributed by atoms with van der Waals surface area (Å²) < 4.78 is 0. The van der Waals surface area contributed by atoms with Gasteiger partial charge in [0, 0.05) is 19.4 Å². The lowest BCUT2D eigenvalue weighted by Crippen LogP contribution is -2.42.